The van der Waals surface area contributed by atoms with Crippen LogP contribution >= 0.6 is 11.6 Å². The van der Waals surface area contributed by atoms with Gasteiger partial charge in [0.05, 0.1) is 6.61 Å². The van der Waals surface area contributed by atoms with E-state index in [0.29, 0.717) is 5.92 Å². The molecule has 1 unspecified atom stereocenters. The minimum Gasteiger partial charge on any atom is -0.493 e. The normalized spacial score (nSPS) is 25.8. The Bertz CT molecular complexity index is 414. The van der Waals surface area contributed by atoms with Crippen LogP contribution in [0.15, 0.2) is 18.2 Å². The van der Waals surface area contributed by atoms with Gasteiger partial charge in [0, 0.05) is 10.6 Å². The molecule has 1 fully saturated rings. The molecule has 1 aliphatic carbocycles. The van der Waals surface area contributed by atoms with E-state index in [9.17, 15) is 0 Å². The van der Waals surface area contributed by atoms with Crippen molar-refractivity contribution in [1.82, 2.24) is 0 Å². The summed E-state index contributed by atoms with van der Waals surface area (Å²) in [4.78, 5) is 0. The Labute approximate surface area is 101 Å². The second kappa shape index (κ2) is 3.64. The Morgan fingerprint density at radius 1 is 1.44 bits per heavy atom. The molecule has 1 heterocycles. The third-order valence-electron chi connectivity index (χ3n) is 3.68. The lowest BCUT2D eigenvalue weighted by Gasteiger charge is -2.28. The minimum absolute atomic E-state index is 0.0988. The fourth-order valence-electron chi connectivity index (χ4n) is 2.50. The number of benzene rings is 1. The van der Waals surface area contributed by atoms with E-state index in [1.807, 2.05) is 18.2 Å². The van der Waals surface area contributed by atoms with Gasteiger partial charge in [0.25, 0.3) is 0 Å². The predicted octanol–water partition coefficient (Wildman–Crippen LogP) is 3.09. The van der Waals surface area contributed by atoms with E-state index in [2.05, 4.69) is 0 Å². The second-order valence-electron chi connectivity index (χ2n) is 5.08. The van der Waals surface area contributed by atoms with Gasteiger partial charge in [-0.15, -0.1) is 0 Å². The molecule has 0 aromatic heterocycles. The summed E-state index contributed by atoms with van der Waals surface area (Å²) < 4.78 is 5.64. The molecule has 1 aromatic carbocycles. The Kier molecular flexibility index (Phi) is 2.37. The lowest BCUT2D eigenvalue weighted by Crippen LogP contribution is -2.27. The molecule has 2 N–H and O–H groups in total. The van der Waals surface area contributed by atoms with Crippen LogP contribution in [0.3, 0.4) is 0 Å². The first kappa shape index (κ1) is 10.4. The van der Waals surface area contributed by atoms with E-state index in [1.165, 1.54) is 18.4 Å². The lowest BCUT2D eigenvalue weighted by atomic mass is 9.87. The summed E-state index contributed by atoms with van der Waals surface area (Å²) in [6, 6.07) is 5.89. The summed E-state index contributed by atoms with van der Waals surface area (Å²) in [5.74, 6) is 1.51. The summed E-state index contributed by atoms with van der Waals surface area (Å²) in [5, 5.41) is 0.788. The van der Waals surface area contributed by atoms with Crippen molar-refractivity contribution in [2.24, 2.45) is 5.73 Å². The molecular formula is C13H16ClNO. The highest BCUT2D eigenvalue weighted by Crippen LogP contribution is 2.45. The van der Waals surface area contributed by atoms with Crippen molar-refractivity contribution in [3.63, 3.8) is 0 Å². The fraction of sp³-hybridized carbons (Fsp3) is 0.538. The zero-order valence-electron chi connectivity index (χ0n) is 9.21. The maximum Gasteiger partial charge on any atom is 0.122 e. The molecule has 86 valence electrons. The van der Waals surface area contributed by atoms with Crippen LogP contribution in [0.1, 0.15) is 37.2 Å². The minimum atomic E-state index is 0.0988. The molecule has 0 amide bonds. The number of hydrogen-bond donors (Lipinski definition) is 1. The van der Waals surface area contributed by atoms with Crippen LogP contribution in [-0.4, -0.2) is 12.1 Å². The highest BCUT2D eigenvalue weighted by molar-refractivity contribution is 6.30. The zero-order chi connectivity index (χ0) is 11.2. The van der Waals surface area contributed by atoms with Gasteiger partial charge in [-0.05, 0) is 55.4 Å². The van der Waals surface area contributed by atoms with E-state index >= 15 is 0 Å². The molecule has 1 saturated carbocycles. The third kappa shape index (κ3) is 1.92. The maximum absolute atomic E-state index is 6.20. The fourth-order valence-corrected chi connectivity index (χ4v) is 2.68. The van der Waals surface area contributed by atoms with Gasteiger partial charge in [-0.2, -0.15) is 0 Å². The Morgan fingerprint density at radius 3 is 3.00 bits per heavy atom. The van der Waals surface area contributed by atoms with Crippen molar-refractivity contribution in [1.29, 1.82) is 0 Å². The molecule has 3 heteroatoms. The van der Waals surface area contributed by atoms with Crippen LogP contribution in [0.5, 0.6) is 5.75 Å². The van der Waals surface area contributed by atoms with Gasteiger partial charge in [0.15, 0.2) is 0 Å². The summed E-state index contributed by atoms with van der Waals surface area (Å²) in [5.41, 5.74) is 7.54. The summed E-state index contributed by atoms with van der Waals surface area (Å²) in [6.07, 6.45) is 4.47. The molecule has 3 rings (SSSR count). The molecule has 2 nitrogen and oxygen atoms in total. The Balaban J connectivity index is 1.89. The first-order valence-electron chi connectivity index (χ1n) is 5.87. The zero-order valence-corrected chi connectivity index (χ0v) is 9.96. The average Bonchev–Trinajstić information content (AvgIpc) is 2.97. The summed E-state index contributed by atoms with van der Waals surface area (Å²) >= 11 is 6.04. The van der Waals surface area contributed by atoms with Crippen LogP contribution in [-0.2, 0) is 0 Å². The molecule has 1 aromatic rings. The highest BCUT2D eigenvalue weighted by Gasteiger charge is 2.41. The second-order valence-corrected chi connectivity index (χ2v) is 5.52. The number of rotatable bonds is 2. The quantitative estimate of drug-likeness (QED) is 0.858. The topological polar surface area (TPSA) is 35.2 Å². The molecule has 0 radical (unpaired) electrons. The van der Waals surface area contributed by atoms with Crippen molar-refractivity contribution in [3.8, 4) is 5.75 Å². The van der Waals surface area contributed by atoms with Gasteiger partial charge in [-0.1, -0.05) is 11.6 Å². The first-order valence-corrected chi connectivity index (χ1v) is 6.25. The first-order chi connectivity index (χ1) is 7.66. The van der Waals surface area contributed by atoms with E-state index in [4.69, 9.17) is 22.1 Å². The van der Waals surface area contributed by atoms with Crippen molar-refractivity contribution >= 4 is 11.6 Å². The number of nitrogens with two attached hydrogens (primary N) is 1. The highest BCUT2D eigenvalue weighted by atomic mass is 35.5. The molecule has 0 bridgehead atoms. The Morgan fingerprint density at radius 2 is 2.25 bits per heavy atom. The standard InChI is InChI=1S/C13H16ClNO/c14-10-1-2-12-11(7-10)9(3-6-16-12)8-13(15)4-5-13/h1-2,7,9H,3-6,8,15H2. The van der Waals surface area contributed by atoms with Gasteiger partial charge in [0.1, 0.15) is 5.75 Å². The molecular weight excluding hydrogens is 222 g/mol. The van der Waals surface area contributed by atoms with Crippen LogP contribution in [0.4, 0.5) is 0 Å². The lowest BCUT2D eigenvalue weighted by molar-refractivity contribution is 0.257. The average molecular weight is 238 g/mol. The van der Waals surface area contributed by atoms with Gasteiger partial charge < -0.3 is 10.5 Å². The number of fused-ring (bicyclic) bond motifs is 1. The van der Waals surface area contributed by atoms with E-state index in [-0.39, 0.29) is 5.54 Å². The summed E-state index contributed by atoms with van der Waals surface area (Å²) in [7, 11) is 0. The number of hydrogen-bond acceptors (Lipinski definition) is 2. The molecule has 1 aliphatic heterocycles. The smallest absolute Gasteiger partial charge is 0.122 e. The van der Waals surface area contributed by atoms with Crippen LogP contribution < -0.4 is 10.5 Å². The van der Waals surface area contributed by atoms with E-state index in [1.54, 1.807) is 0 Å². The predicted molar refractivity (Wildman–Crippen MR) is 65.1 cm³/mol. The van der Waals surface area contributed by atoms with Crippen molar-refractivity contribution in [2.75, 3.05) is 6.61 Å². The van der Waals surface area contributed by atoms with Crippen LogP contribution in [0.2, 0.25) is 5.02 Å². The van der Waals surface area contributed by atoms with Gasteiger partial charge in [-0.3, -0.25) is 0 Å². The van der Waals surface area contributed by atoms with Crippen molar-refractivity contribution in [3.05, 3.63) is 28.8 Å². The largest absolute Gasteiger partial charge is 0.493 e. The summed E-state index contributed by atoms with van der Waals surface area (Å²) in [6.45, 7) is 0.801. The molecule has 16 heavy (non-hydrogen) atoms. The van der Waals surface area contributed by atoms with Crippen LogP contribution in [0, 0.1) is 0 Å². The van der Waals surface area contributed by atoms with Gasteiger partial charge in [-0.25, -0.2) is 0 Å². The molecule has 0 spiro atoms. The SMILES string of the molecule is NC1(CC2CCOc3ccc(Cl)cc32)CC1. The van der Waals surface area contributed by atoms with E-state index < -0.39 is 0 Å². The Hall–Kier alpha value is -0.730. The third-order valence-corrected chi connectivity index (χ3v) is 3.92. The van der Waals surface area contributed by atoms with Crippen molar-refractivity contribution < 1.29 is 4.74 Å². The monoisotopic (exact) mass is 237 g/mol. The van der Waals surface area contributed by atoms with Gasteiger partial charge in [0.2, 0.25) is 0 Å². The number of halogens is 1. The van der Waals surface area contributed by atoms with Crippen molar-refractivity contribution in [2.45, 2.75) is 37.1 Å². The molecule has 1 atom stereocenters. The maximum atomic E-state index is 6.20. The van der Waals surface area contributed by atoms with Gasteiger partial charge >= 0.3 is 0 Å². The van der Waals surface area contributed by atoms with Crippen LogP contribution in [0.25, 0.3) is 0 Å². The van der Waals surface area contributed by atoms with E-state index in [0.717, 1.165) is 30.2 Å². The number of ether oxygens (including phenoxy) is 1. The molecule has 2 aliphatic rings. The molecule has 0 saturated heterocycles.